The summed E-state index contributed by atoms with van der Waals surface area (Å²) in [5, 5.41) is 10.4. The first kappa shape index (κ1) is 34.1. The van der Waals surface area contributed by atoms with Crippen LogP contribution in [0.2, 0.25) is 10.0 Å². The number of ether oxygens (including phenoxy) is 1. The second-order valence-corrected chi connectivity index (χ2v) is 12.7. The van der Waals surface area contributed by atoms with Crippen molar-refractivity contribution in [3.05, 3.63) is 94.5 Å². The molecule has 0 saturated heterocycles. The second kappa shape index (κ2) is 15.0. The number of carbonyl (C=O) groups excluding carboxylic acids is 3. The summed E-state index contributed by atoms with van der Waals surface area (Å²) in [5.41, 5.74) is 1.80. The van der Waals surface area contributed by atoms with Gasteiger partial charge in [-0.15, -0.1) is 0 Å². The fourth-order valence-electron chi connectivity index (χ4n) is 4.35. The van der Waals surface area contributed by atoms with E-state index in [1.54, 1.807) is 99.6 Å². The van der Waals surface area contributed by atoms with E-state index < -0.39 is 34.4 Å². The highest BCUT2D eigenvalue weighted by molar-refractivity contribution is 6.54. The van der Waals surface area contributed by atoms with Crippen LogP contribution in [-0.4, -0.2) is 46.6 Å². The average molecular weight is 692 g/mol. The molecular formula is C32H30Cl4N4O5. The number of halogens is 4. The van der Waals surface area contributed by atoms with Crippen molar-refractivity contribution >= 4 is 70.0 Å². The molecule has 0 aliphatic carbocycles. The predicted molar refractivity (Wildman–Crippen MR) is 177 cm³/mol. The van der Waals surface area contributed by atoms with Gasteiger partial charge in [0.15, 0.2) is 10.6 Å². The van der Waals surface area contributed by atoms with Gasteiger partial charge in [0.25, 0.3) is 5.91 Å². The summed E-state index contributed by atoms with van der Waals surface area (Å²) in [6.45, 7) is 5.19. The number of nitrogens with one attached hydrogen (secondary N) is 2. The van der Waals surface area contributed by atoms with Crippen molar-refractivity contribution in [1.29, 1.82) is 0 Å². The molecule has 0 aliphatic rings. The first-order chi connectivity index (χ1) is 21.3. The van der Waals surface area contributed by atoms with Crippen molar-refractivity contribution in [1.82, 2.24) is 15.8 Å². The van der Waals surface area contributed by atoms with Gasteiger partial charge in [0.1, 0.15) is 17.3 Å². The van der Waals surface area contributed by atoms with Crippen molar-refractivity contribution in [3.63, 3.8) is 0 Å². The lowest BCUT2D eigenvalue weighted by Crippen LogP contribution is -2.45. The molecule has 0 saturated carbocycles. The molecule has 0 aliphatic heterocycles. The molecule has 4 aromatic rings. The molecule has 4 rings (SSSR count). The first-order valence-corrected chi connectivity index (χ1v) is 15.4. The fourth-order valence-corrected chi connectivity index (χ4v) is 5.17. The summed E-state index contributed by atoms with van der Waals surface area (Å²) < 4.78 is 10.9. The van der Waals surface area contributed by atoms with Crippen LogP contribution in [0.5, 0.6) is 0 Å². The van der Waals surface area contributed by atoms with Crippen LogP contribution in [-0.2, 0) is 14.3 Å². The smallest absolute Gasteiger partial charge is 0.408 e. The van der Waals surface area contributed by atoms with Gasteiger partial charge in [0, 0.05) is 36.0 Å². The van der Waals surface area contributed by atoms with Gasteiger partial charge < -0.3 is 24.8 Å². The average Bonchev–Trinajstić information content (AvgIpc) is 3.47. The molecule has 1 atom stereocenters. The minimum Gasteiger partial charge on any atom is -0.444 e. The number of aromatic nitrogens is 1. The Balaban J connectivity index is 1.52. The Morgan fingerprint density at radius 3 is 2.24 bits per heavy atom. The van der Waals surface area contributed by atoms with Crippen LogP contribution in [0, 0.1) is 0 Å². The topological polar surface area (TPSA) is 114 Å². The maximum absolute atomic E-state index is 13.3. The molecule has 0 radical (unpaired) electrons. The van der Waals surface area contributed by atoms with Crippen LogP contribution in [0.4, 0.5) is 10.5 Å². The van der Waals surface area contributed by atoms with Crippen molar-refractivity contribution in [2.24, 2.45) is 0 Å². The zero-order valence-electron chi connectivity index (χ0n) is 24.5. The van der Waals surface area contributed by atoms with Crippen LogP contribution < -0.4 is 15.5 Å². The number of alkyl halides is 2. The zero-order chi connectivity index (χ0) is 32.7. The van der Waals surface area contributed by atoms with E-state index >= 15 is 0 Å². The van der Waals surface area contributed by atoms with E-state index in [1.807, 2.05) is 0 Å². The van der Waals surface area contributed by atoms with Crippen LogP contribution in [0.1, 0.15) is 32.4 Å². The molecule has 236 valence electrons. The van der Waals surface area contributed by atoms with Gasteiger partial charge in [-0.2, -0.15) is 0 Å². The number of amides is 3. The highest BCUT2D eigenvalue weighted by atomic mass is 35.5. The van der Waals surface area contributed by atoms with E-state index in [4.69, 9.17) is 55.7 Å². The second-order valence-electron chi connectivity index (χ2n) is 10.8. The first-order valence-electron chi connectivity index (χ1n) is 13.8. The number of anilines is 1. The van der Waals surface area contributed by atoms with E-state index in [0.29, 0.717) is 43.9 Å². The molecule has 0 fully saturated rings. The van der Waals surface area contributed by atoms with Gasteiger partial charge in [0.05, 0.1) is 10.0 Å². The summed E-state index contributed by atoms with van der Waals surface area (Å²) in [6.07, 6.45) is -0.750. The molecular weight excluding hydrogens is 662 g/mol. The Labute approximate surface area is 280 Å². The number of nitrogens with zero attached hydrogens (tertiary/aromatic N) is 2. The Kier molecular flexibility index (Phi) is 11.4. The minimum atomic E-state index is -1.37. The third-order valence-corrected chi connectivity index (χ3v) is 7.32. The van der Waals surface area contributed by atoms with Crippen molar-refractivity contribution in [2.75, 3.05) is 18.0 Å². The van der Waals surface area contributed by atoms with Crippen LogP contribution in [0.15, 0.2) is 83.4 Å². The molecule has 3 amide bonds. The van der Waals surface area contributed by atoms with Gasteiger partial charge in [-0.05, 0) is 50.6 Å². The number of carbonyl (C=O) groups is 3. The van der Waals surface area contributed by atoms with Gasteiger partial charge in [-0.25, -0.2) is 4.79 Å². The molecule has 1 aromatic heterocycles. The van der Waals surface area contributed by atoms with Crippen LogP contribution in [0.25, 0.3) is 22.6 Å². The summed E-state index contributed by atoms with van der Waals surface area (Å²) in [4.78, 5) is 38.9. The Morgan fingerprint density at radius 1 is 0.933 bits per heavy atom. The SMILES string of the molecule is CC(C)(C)OC(=O)N[C@@H](C(=O)NCCN(C(=O)C(Cl)Cl)c1cccc(-c2cc(-c3c(Cl)cccc3Cl)no2)c1)c1ccccc1. The number of hydrogen-bond donors (Lipinski definition) is 2. The van der Waals surface area contributed by atoms with E-state index in [2.05, 4.69) is 15.8 Å². The Bertz CT molecular complexity index is 1640. The number of benzene rings is 3. The molecule has 45 heavy (non-hydrogen) atoms. The minimum absolute atomic E-state index is 0.00604. The van der Waals surface area contributed by atoms with Crippen LogP contribution in [0.3, 0.4) is 0 Å². The maximum atomic E-state index is 13.3. The summed E-state index contributed by atoms with van der Waals surface area (Å²) in [5.74, 6) is -0.706. The summed E-state index contributed by atoms with van der Waals surface area (Å²) in [7, 11) is 0. The number of hydrogen-bond acceptors (Lipinski definition) is 6. The van der Waals surface area contributed by atoms with Gasteiger partial charge in [0.2, 0.25) is 5.91 Å². The fraction of sp³-hybridized carbons (Fsp3) is 0.250. The lowest BCUT2D eigenvalue weighted by molar-refractivity contribution is -0.123. The van der Waals surface area contributed by atoms with Gasteiger partial charge in [-0.1, -0.05) is 100 Å². The normalized spacial score (nSPS) is 12.0. The monoisotopic (exact) mass is 690 g/mol. The lowest BCUT2D eigenvalue weighted by atomic mass is 10.1. The van der Waals surface area contributed by atoms with Crippen LogP contribution >= 0.6 is 46.4 Å². The molecule has 1 heterocycles. The molecule has 9 nitrogen and oxygen atoms in total. The number of rotatable bonds is 10. The number of alkyl carbamates (subject to hydrolysis) is 1. The van der Waals surface area contributed by atoms with E-state index in [9.17, 15) is 14.4 Å². The zero-order valence-corrected chi connectivity index (χ0v) is 27.5. The highest BCUT2D eigenvalue weighted by Crippen LogP contribution is 2.36. The van der Waals surface area contributed by atoms with E-state index in [-0.39, 0.29) is 13.1 Å². The van der Waals surface area contributed by atoms with Crippen molar-refractivity contribution < 1.29 is 23.6 Å². The third kappa shape index (κ3) is 9.14. The highest BCUT2D eigenvalue weighted by Gasteiger charge is 2.27. The molecule has 0 spiro atoms. The van der Waals surface area contributed by atoms with Crippen molar-refractivity contribution in [2.45, 2.75) is 37.3 Å². The standard InChI is InChI=1S/C32H30Cl4N4O5/c1-32(2,3)44-31(43)38-27(19-9-5-4-6-10-19)29(41)37-15-16-40(30(42)28(35)36)21-12-7-11-20(17-21)25-18-24(39-45-25)26-22(33)13-8-14-23(26)34/h4-14,17-18,27-28H,15-16H2,1-3H3,(H,37,41)(H,38,43)/t27-/m1/s1. The molecule has 0 unspecified atom stereocenters. The van der Waals surface area contributed by atoms with Gasteiger partial charge in [-0.3, -0.25) is 9.59 Å². The summed E-state index contributed by atoms with van der Waals surface area (Å²) >= 11 is 24.6. The summed E-state index contributed by atoms with van der Waals surface area (Å²) in [6, 6.07) is 21.4. The van der Waals surface area contributed by atoms with Gasteiger partial charge >= 0.3 is 6.09 Å². The lowest BCUT2D eigenvalue weighted by Gasteiger charge is -2.26. The molecule has 0 bridgehead atoms. The Hall–Kier alpha value is -3.76. The predicted octanol–water partition coefficient (Wildman–Crippen LogP) is 7.83. The third-order valence-electron chi connectivity index (χ3n) is 6.31. The molecule has 3 aromatic carbocycles. The molecule has 13 heteroatoms. The quantitative estimate of drug-likeness (QED) is 0.164. The Morgan fingerprint density at radius 2 is 1.60 bits per heavy atom. The molecule has 2 N–H and O–H groups in total. The maximum Gasteiger partial charge on any atom is 0.408 e. The van der Waals surface area contributed by atoms with E-state index in [1.165, 1.54) is 4.90 Å². The van der Waals surface area contributed by atoms with Crippen molar-refractivity contribution in [3.8, 4) is 22.6 Å². The van der Waals surface area contributed by atoms with E-state index in [0.717, 1.165) is 0 Å². The largest absolute Gasteiger partial charge is 0.444 e.